The van der Waals surface area contributed by atoms with Crippen molar-refractivity contribution < 1.29 is 5.11 Å². The van der Waals surface area contributed by atoms with Gasteiger partial charge in [0.05, 0.1) is 6.10 Å². The summed E-state index contributed by atoms with van der Waals surface area (Å²) in [5.41, 5.74) is 2.34. The molecule has 1 nitrogen and oxygen atoms in total. The maximum atomic E-state index is 10.1. The molecule has 1 aliphatic rings. The minimum Gasteiger partial charge on any atom is -0.388 e. The van der Waals surface area contributed by atoms with Crippen molar-refractivity contribution in [1.29, 1.82) is 0 Å². The van der Waals surface area contributed by atoms with E-state index in [1.165, 1.54) is 31.2 Å². The highest BCUT2D eigenvalue weighted by Gasteiger charge is 2.23. The van der Waals surface area contributed by atoms with Gasteiger partial charge in [-0.3, -0.25) is 0 Å². The lowest BCUT2D eigenvalue weighted by Crippen LogP contribution is -2.08. The summed E-state index contributed by atoms with van der Waals surface area (Å²) in [4.78, 5) is 0. The fraction of sp³-hybridized carbons (Fsp3) is 0.538. The normalized spacial score (nSPS) is 19.9. The summed E-state index contributed by atoms with van der Waals surface area (Å²) in [6.45, 7) is 2.08. The van der Waals surface area contributed by atoms with Crippen molar-refractivity contribution >= 4 is 0 Å². The average Bonchev–Trinajstić information content (AvgIpc) is 2.71. The average molecular weight is 190 g/mol. The largest absolute Gasteiger partial charge is 0.388 e. The Morgan fingerprint density at radius 2 is 1.71 bits per heavy atom. The van der Waals surface area contributed by atoms with Crippen LogP contribution in [0.15, 0.2) is 24.3 Å². The highest BCUT2D eigenvalue weighted by molar-refractivity contribution is 5.23. The van der Waals surface area contributed by atoms with E-state index in [0.717, 1.165) is 5.56 Å². The molecule has 0 amide bonds. The van der Waals surface area contributed by atoms with Crippen molar-refractivity contribution in [2.45, 2.75) is 38.7 Å². The van der Waals surface area contributed by atoms with E-state index in [0.29, 0.717) is 5.92 Å². The van der Waals surface area contributed by atoms with Crippen LogP contribution in [0.4, 0.5) is 0 Å². The first-order valence-electron chi connectivity index (χ1n) is 5.52. The summed E-state index contributed by atoms with van der Waals surface area (Å²) in [6.07, 6.45) is 4.71. The molecule has 2 rings (SSSR count). The third-order valence-corrected chi connectivity index (χ3v) is 3.27. The molecule has 0 saturated heterocycles. The van der Waals surface area contributed by atoms with Crippen LogP contribution in [-0.4, -0.2) is 5.11 Å². The van der Waals surface area contributed by atoms with E-state index < -0.39 is 0 Å². The first kappa shape index (κ1) is 9.72. The zero-order chi connectivity index (χ0) is 9.97. The first-order chi connectivity index (χ1) is 6.77. The van der Waals surface area contributed by atoms with Crippen LogP contribution in [0, 0.1) is 12.8 Å². The molecule has 0 heterocycles. The summed E-state index contributed by atoms with van der Waals surface area (Å²) in [6, 6.07) is 8.26. The van der Waals surface area contributed by atoms with Crippen molar-refractivity contribution in [3.8, 4) is 0 Å². The van der Waals surface area contributed by atoms with Gasteiger partial charge in [-0.1, -0.05) is 42.7 Å². The van der Waals surface area contributed by atoms with Crippen molar-refractivity contribution in [2.24, 2.45) is 5.92 Å². The SMILES string of the molecule is Cc1ccc([C@H](O)C2CCCC2)cc1. The number of aliphatic hydroxyl groups is 1. The van der Waals surface area contributed by atoms with Gasteiger partial charge in [-0.2, -0.15) is 0 Å². The van der Waals surface area contributed by atoms with Gasteiger partial charge in [0.15, 0.2) is 0 Å². The Balaban J connectivity index is 2.09. The number of aryl methyl sites for hydroxylation is 1. The second-order valence-electron chi connectivity index (χ2n) is 4.40. The molecule has 0 bridgehead atoms. The fourth-order valence-corrected chi connectivity index (χ4v) is 2.31. The summed E-state index contributed by atoms with van der Waals surface area (Å²) >= 11 is 0. The standard InChI is InChI=1S/C13H18O/c1-10-6-8-12(9-7-10)13(14)11-4-2-3-5-11/h6-9,11,13-14H,2-5H2,1H3/t13-/m1/s1. The van der Waals surface area contributed by atoms with Gasteiger partial charge in [0.2, 0.25) is 0 Å². The lowest BCUT2D eigenvalue weighted by Gasteiger charge is -2.17. The molecule has 76 valence electrons. The van der Waals surface area contributed by atoms with Crippen LogP contribution < -0.4 is 0 Å². The molecule has 1 aliphatic carbocycles. The molecule has 1 fully saturated rings. The Hall–Kier alpha value is -0.820. The van der Waals surface area contributed by atoms with Gasteiger partial charge in [0.25, 0.3) is 0 Å². The van der Waals surface area contributed by atoms with Crippen LogP contribution >= 0.6 is 0 Å². The van der Waals surface area contributed by atoms with Crippen LogP contribution in [0.1, 0.15) is 42.9 Å². The minimum atomic E-state index is -0.238. The van der Waals surface area contributed by atoms with E-state index in [9.17, 15) is 5.11 Å². The summed E-state index contributed by atoms with van der Waals surface area (Å²) in [7, 11) is 0. The van der Waals surface area contributed by atoms with Crippen molar-refractivity contribution in [3.63, 3.8) is 0 Å². The van der Waals surface area contributed by atoms with Gasteiger partial charge in [0, 0.05) is 0 Å². The van der Waals surface area contributed by atoms with Crippen molar-refractivity contribution in [3.05, 3.63) is 35.4 Å². The molecule has 14 heavy (non-hydrogen) atoms. The van der Waals surface area contributed by atoms with E-state index >= 15 is 0 Å². The van der Waals surface area contributed by atoms with Crippen molar-refractivity contribution in [1.82, 2.24) is 0 Å². The Kier molecular flexibility index (Phi) is 2.87. The zero-order valence-electron chi connectivity index (χ0n) is 8.74. The quantitative estimate of drug-likeness (QED) is 0.759. The van der Waals surface area contributed by atoms with Gasteiger partial charge in [-0.15, -0.1) is 0 Å². The van der Waals surface area contributed by atoms with Crippen LogP contribution in [0.2, 0.25) is 0 Å². The minimum absolute atomic E-state index is 0.238. The van der Waals surface area contributed by atoms with Crippen LogP contribution in [-0.2, 0) is 0 Å². The highest BCUT2D eigenvalue weighted by atomic mass is 16.3. The number of hydrogen-bond donors (Lipinski definition) is 1. The molecule has 1 atom stereocenters. The van der Waals surface area contributed by atoms with E-state index in [2.05, 4.69) is 31.2 Å². The van der Waals surface area contributed by atoms with Gasteiger partial charge in [-0.25, -0.2) is 0 Å². The molecule has 1 aromatic carbocycles. The number of aliphatic hydroxyl groups excluding tert-OH is 1. The van der Waals surface area contributed by atoms with Gasteiger partial charge >= 0.3 is 0 Å². The van der Waals surface area contributed by atoms with Gasteiger partial charge in [-0.05, 0) is 31.2 Å². The molecular formula is C13H18O. The summed E-state index contributed by atoms with van der Waals surface area (Å²) in [5, 5.41) is 10.1. The monoisotopic (exact) mass is 190 g/mol. The predicted molar refractivity (Wildman–Crippen MR) is 58.1 cm³/mol. The molecule has 1 aromatic rings. The maximum absolute atomic E-state index is 10.1. The van der Waals surface area contributed by atoms with Crippen LogP contribution in [0.25, 0.3) is 0 Å². The molecule has 1 N–H and O–H groups in total. The third-order valence-electron chi connectivity index (χ3n) is 3.27. The summed E-state index contributed by atoms with van der Waals surface area (Å²) in [5.74, 6) is 0.498. The molecule has 0 aromatic heterocycles. The molecule has 0 radical (unpaired) electrons. The summed E-state index contributed by atoms with van der Waals surface area (Å²) < 4.78 is 0. The number of rotatable bonds is 2. The molecule has 1 heteroatoms. The molecule has 0 aliphatic heterocycles. The van der Waals surface area contributed by atoms with Gasteiger partial charge in [0.1, 0.15) is 0 Å². The Morgan fingerprint density at radius 1 is 1.14 bits per heavy atom. The topological polar surface area (TPSA) is 20.2 Å². The van der Waals surface area contributed by atoms with Gasteiger partial charge < -0.3 is 5.11 Å². The Bertz CT molecular complexity index is 283. The second-order valence-corrected chi connectivity index (χ2v) is 4.40. The number of benzene rings is 1. The Morgan fingerprint density at radius 3 is 2.29 bits per heavy atom. The lowest BCUT2D eigenvalue weighted by atomic mass is 9.94. The molecule has 0 unspecified atom stereocenters. The van der Waals surface area contributed by atoms with Crippen LogP contribution in [0.5, 0.6) is 0 Å². The van der Waals surface area contributed by atoms with E-state index in [1.807, 2.05) is 0 Å². The molecule has 0 spiro atoms. The second kappa shape index (κ2) is 4.14. The smallest absolute Gasteiger partial charge is 0.0818 e. The lowest BCUT2D eigenvalue weighted by molar-refractivity contribution is 0.111. The predicted octanol–water partition coefficient (Wildman–Crippen LogP) is 3.22. The van der Waals surface area contributed by atoms with Crippen molar-refractivity contribution in [2.75, 3.05) is 0 Å². The highest BCUT2D eigenvalue weighted by Crippen LogP contribution is 2.35. The van der Waals surface area contributed by atoms with E-state index in [4.69, 9.17) is 0 Å². The Labute approximate surface area is 85.8 Å². The zero-order valence-corrected chi connectivity index (χ0v) is 8.74. The molecule has 1 saturated carbocycles. The third kappa shape index (κ3) is 1.98. The first-order valence-corrected chi connectivity index (χ1v) is 5.52. The van der Waals surface area contributed by atoms with Crippen LogP contribution in [0.3, 0.4) is 0 Å². The number of hydrogen-bond acceptors (Lipinski definition) is 1. The fourth-order valence-electron chi connectivity index (χ4n) is 2.31. The molecular weight excluding hydrogens is 172 g/mol. The van der Waals surface area contributed by atoms with E-state index in [1.54, 1.807) is 0 Å². The maximum Gasteiger partial charge on any atom is 0.0818 e. The van der Waals surface area contributed by atoms with E-state index in [-0.39, 0.29) is 6.10 Å².